The Morgan fingerprint density at radius 3 is 1.32 bits per heavy atom. The number of hydrogen-bond acceptors (Lipinski definition) is 5. The van der Waals surface area contributed by atoms with Crippen molar-refractivity contribution in [2.24, 2.45) is 0 Å². The Hall–Kier alpha value is -1.18. The first-order valence-corrected chi connectivity index (χ1v) is 5.82. The van der Waals surface area contributed by atoms with Crippen molar-refractivity contribution in [3.63, 3.8) is 0 Å². The molecule has 0 aromatic heterocycles. The number of carboxylic acids is 1. The smallest absolute Gasteiger partial charge is 0.329 e. The molecule has 0 aromatic carbocycles. The fraction of sp³-hybridized carbons (Fsp3) is 0.833. The molecule has 7 heteroatoms. The molecule has 0 aliphatic carbocycles. The van der Waals surface area contributed by atoms with E-state index in [9.17, 15) is 0 Å². The van der Waals surface area contributed by atoms with Crippen molar-refractivity contribution in [1.82, 2.24) is 10.2 Å². The number of nitrogens with zero attached hydrogens (tertiary/aromatic N) is 1. The van der Waals surface area contributed by atoms with Gasteiger partial charge in [0.05, 0.1) is 0 Å². The Labute approximate surface area is 116 Å². The summed E-state index contributed by atoms with van der Waals surface area (Å²) in [5, 5.41) is 25.2. The van der Waals surface area contributed by atoms with Crippen molar-refractivity contribution in [2.75, 3.05) is 27.7 Å². The maximum atomic E-state index is 9.12. The molecule has 4 N–H and O–H groups in total. The predicted molar refractivity (Wildman–Crippen MR) is 76.4 cm³/mol. The second kappa shape index (κ2) is 22.0. The van der Waals surface area contributed by atoms with E-state index in [0.29, 0.717) is 12.1 Å². The van der Waals surface area contributed by atoms with Gasteiger partial charge in [-0.3, -0.25) is 4.79 Å². The first kappa shape index (κ1) is 26.4. The van der Waals surface area contributed by atoms with Crippen molar-refractivity contribution in [2.45, 2.75) is 39.8 Å². The number of carbonyl (C=O) groups is 2. The topological polar surface area (TPSA) is 110 Å². The van der Waals surface area contributed by atoms with Gasteiger partial charge in [-0.25, -0.2) is 4.79 Å². The lowest BCUT2D eigenvalue weighted by Gasteiger charge is -2.10. The van der Waals surface area contributed by atoms with Gasteiger partial charge in [-0.1, -0.05) is 27.7 Å². The molecule has 0 unspecified atom stereocenters. The summed E-state index contributed by atoms with van der Waals surface area (Å²) in [7, 11) is 6.00. The highest BCUT2D eigenvalue weighted by atomic mass is 16.4. The highest BCUT2D eigenvalue weighted by Gasteiger charge is 1.92. The number of aliphatic hydroxyl groups excluding tert-OH is 1. The number of hydrogen-bond donors (Lipinski definition) is 4. The Bertz CT molecular complexity index is 176. The van der Waals surface area contributed by atoms with E-state index in [1.165, 1.54) is 0 Å². The summed E-state index contributed by atoms with van der Waals surface area (Å²) in [6.07, 6.45) is 0. The fourth-order valence-corrected chi connectivity index (χ4v) is 0.667. The minimum absolute atomic E-state index is 0.250. The van der Waals surface area contributed by atoms with Gasteiger partial charge < -0.3 is 25.5 Å². The van der Waals surface area contributed by atoms with Crippen LogP contribution in [0.15, 0.2) is 0 Å². The molecule has 7 nitrogen and oxygen atoms in total. The van der Waals surface area contributed by atoms with Gasteiger partial charge in [0.15, 0.2) is 0 Å². The van der Waals surface area contributed by atoms with E-state index in [4.69, 9.17) is 24.9 Å². The van der Waals surface area contributed by atoms with Crippen LogP contribution in [-0.4, -0.2) is 72.5 Å². The normalized spacial score (nSPS) is 8.58. The zero-order valence-corrected chi connectivity index (χ0v) is 13.0. The summed E-state index contributed by atoms with van der Waals surface area (Å²) in [5.74, 6) is -1.19. The summed E-state index contributed by atoms with van der Waals surface area (Å²) in [6.45, 7) is 7.58. The Morgan fingerprint density at radius 1 is 1.16 bits per heavy atom. The van der Waals surface area contributed by atoms with E-state index in [1.807, 2.05) is 26.0 Å². The molecule has 0 spiro atoms. The average molecular weight is 282 g/mol. The van der Waals surface area contributed by atoms with E-state index in [-0.39, 0.29) is 6.47 Å². The summed E-state index contributed by atoms with van der Waals surface area (Å²) in [6, 6.07) is 1.25. The second-order valence-electron chi connectivity index (χ2n) is 4.47. The van der Waals surface area contributed by atoms with Crippen LogP contribution in [-0.2, 0) is 9.59 Å². The third-order valence-corrected chi connectivity index (χ3v) is 0.802. The number of carboxylic acid groups (broad SMARTS) is 2. The maximum Gasteiger partial charge on any atom is 0.329 e. The molecule has 0 aliphatic rings. The summed E-state index contributed by atoms with van der Waals surface area (Å²) in [5.41, 5.74) is 0. The van der Waals surface area contributed by atoms with Crippen LogP contribution in [0.4, 0.5) is 0 Å². The van der Waals surface area contributed by atoms with Crippen LogP contribution in [0.3, 0.4) is 0 Å². The highest BCUT2D eigenvalue weighted by molar-refractivity contribution is 5.67. The molecule has 0 fully saturated rings. The molecule has 0 rings (SSSR count). The summed E-state index contributed by atoms with van der Waals surface area (Å²) in [4.78, 5) is 19.5. The quantitative estimate of drug-likeness (QED) is 0.552. The van der Waals surface area contributed by atoms with Crippen LogP contribution >= 0.6 is 0 Å². The van der Waals surface area contributed by atoms with Crippen LogP contribution in [0, 0.1) is 0 Å². The standard InChI is InChI=1S/C6H15N.C3H9N.C2H4O3.CH2O2/c1-5(2)7-6(3)4;1-4(2)3;3-1-2(4)5;2-1-3/h5-7H,1-4H3;1-3H3;3H,1H2,(H,4,5);1H,(H,2,3). The van der Waals surface area contributed by atoms with Gasteiger partial charge in [0, 0.05) is 12.1 Å². The Kier molecular flexibility index (Phi) is 30.6. The average Bonchev–Trinajstić information content (AvgIpc) is 2.16. The molecule has 118 valence electrons. The number of nitrogens with one attached hydrogen (secondary N) is 1. The van der Waals surface area contributed by atoms with E-state index in [2.05, 4.69) is 33.0 Å². The van der Waals surface area contributed by atoms with Crippen molar-refractivity contribution in [3.8, 4) is 0 Å². The van der Waals surface area contributed by atoms with Crippen LogP contribution in [0.25, 0.3) is 0 Å². The molecule has 0 saturated heterocycles. The third-order valence-electron chi connectivity index (χ3n) is 0.802. The lowest BCUT2D eigenvalue weighted by molar-refractivity contribution is -0.140. The number of rotatable bonds is 3. The zero-order chi connectivity index (χ0) is 16.4. The molecule has 0 aliphatic heterocycles. The number of aliphatic hydroxyl groups is 1. The molecule has 0 heterocycles. The molecule has 0 aromatic rings. The highest BCUT2D eigenvalue weighted by Crippen LogP contribution is 1.80. The van der Waals surface area contributed by atoms with Crippen molar-refractivity contribution in [3.05, 3.63) is 0 Å². The number of aliphatic carboxylic acids is 1. The molecule has 0 radical (unpaired) electrons. The van der Waals surface area contributed by atoms with Crippen LogP contribution in [0.1, 0.15) is 27.7 Å². The minimum Gasteiger partial charge on any atom is -0.483 e. The van der Waals surface area contributed by atoms with Crippen LogP contribution in [0.5, 0.6) is 0 Å². The van der Waals surface area contributed by atoms with Gasteiger partial charge in [-0.05, 0) is 21.1 Å². The SMILES string of the molecule is CC(C)NC(C)C.CN(C)C.O=C(O)CO.O=CO. The van der Waals surface area contributed by atoms with Gasteiger partial charge in [0.1, 0.15) is 6.61 Å². The van der Waals surface area contributed by atoms with Gasteiger partial charge in [-0.2, -0.15) is 0 Å². The van der Waals surface area contributed by atoms with E-state index < -0.39 is 12.6 Å². The van der Waals surface area contributed by atoms with Crippen molar-refractivity contribution >= 4 is 12.4 Å². The zero-order valence-electron chi connectivity index (χ0n) is 13.0. The maximum absolute atomic E-state index is 9.12. The molecule has 0 amide bonds. The van der Waals surface area contributed by atoms with Crippen molar-refractivity contribution < 1.29 is 24.9 Å². The van der Waals surface area contributed by atoms with Gasteiger partial charge in [-0.15, -0.1) is 0 Å². The third kappa shape index (κ3) is 159. The molecular formula is C12H30N2O5. The lowest BCUT2D eigenvalue weighted by atomic mass is 10.3. The minimum atomic E-state index is -1.19. The second-order valence-corrected chi connectivity index (χ2v) is 4.47. The molecule has 0 saturated carbocycles. The Balaban J connectivity index is -0.0000000833. The van der Waals surface area contributed by atoms with E-state index >= 15 is 0 Å². The van der Waals surface area contributed by atoms with E-state index in [0.717, 1.165) is 0 Å². The lowest BCUT2D eigenvalue weighted by Crippen LogP contribution is -2.29. The Morgan fingerprint density at radius 2 is 1.32 bits per heavy atom. The van der Waals surface area contributed by atoms with E-state index in [1.54, 1.807) is 0 Å². The van der Waals surface area contributed by atoms with Gasteiger partial charge in [0.25, 0.3) is 6.47 Å². The molecular weight excluding hydrogens is 252 g/mol. The molecule has 0 bridgehead atoms. The molecule has 19 heavy (non-hydrogen) atoms. The fourth-order valence-electron chi connectivity index (χ4n) is 0.667. The van der Waals surface area contributed by atoms with Crippen LogP contribution in [0.2, 0.25) is 0 Å². The summed E-state index contributed by atoms with van der Waals surface area (Å²) < 4.78 is 0. The van der Waals surface area contributed by atoms with Crippen molar-refractivity contribution in [1.29, 1.82) is 0 Å². The monoisotopic (exact) mass is 282 g/mol. The molecule has 0 atom stereocenters. The van der Waals surface area contributed by atoms with Crippen LogP contribution < -0.4 is 5.32 Å². The van der Waals surface area contributed by atoms with Gasteiger partial charge in [0.2, 0.25) is 0 Å². The first-order chi connectivity index (χ1) is 8.54. The first-order valence-electron chi connectivity index (χ1n) is 5.82. The largest absolute Gasteiger partial charge is 0.483 e. The summed E-state index contributed by atoms with van der Waals surface area (Å²) >= 11 is 0. The van der Waals surface area contributed by atoms with Gasteiger partial charge >= 0.3 is 5.97 Å². The predicted octanol–water partition coefficient (Wildman–Crippen LogP) is 0.335.